The molecule has 2 aromatic carbocycles. The lowest BCUT2D eigenvalue weighted by Crippen LogP contribution is -2.28. The number of nitrogens with zero attached hydrogens (tertiary/aromatic N) is 3. The van der Waals surface area contributed by atoms with Crippen LogP contribution >= 0.6 is 0 Å². The fraction of sp³-hybridized carbons (Fsp3) is 0.286. The molecule has 0 atom stereocenters. The van der Waals surface area contributed by atoms with Crippen LogP contribution in [0.4, 0.5) is 0 Å². The van der Waals surface area contributed by atoms with Crippen molar-refractivity contribution in [2.24, 2.45) is 5.41 Å². The molecule has 0 N–H and O–H groups in total. The Morgan fingerprint density at radius 1 is 1.08 bits per heavy atom. The van der Waals surface area contributed by atoms with Gasteiger partial charge in [-0.25, -0.2) is 4.98 Å². The molecule has 26 heavy (non-hydrogen) atoms. The molecule has 0 fully saturated rings. The van der Waals surface area contributed by atoms with Crippen molar-refractivity contribution in [2.75, 3.05) is 7.11 Å². The summed E-state index contributed by atoms with van der Waals surface area (Å²) in [6.45, 7) is 7.64. The highest BCUT2D eigenvalue weighted by atomic mass is 16.5. The molecule has 0 radical (unpaired) electrons. The Bertz CT molecular complexity index is 952. The van der Waals surface area contributed by atoms with Gasteiger partial charge in [0.05, 0.1) is 7.11 Å². The number of hydrogen-bond acceptors (Lipinski definition) is 4. The first-order chi connectivity index (χ1) is 12.3. The summed E-state index contributed by atoms with van der Waals surface area (Å²) >= 11 is 0. The molecule has 0 saturated heterocycles. The molecule has 0 aliphatic carbocycles. The molecule has 5 nitrogen and oxygen atoms in total. The molecule has 5 heteroatoms. The van der Waals surface area contributed by atoms with E-state index in [1.54, 1.807) is 7.11 Å². The maximum absolute atomic E-state index is 13.0. The zero-order valence-corrected chi connectivity index (χ0v) is 15.8. The summed E-state index contributed by atoms with van der Waals surface area (Å²) in [4.78, 5) is 17.7. The average molecular weight is 349 g/mol. The number of ether oxygens (including phenoxy) is 1. The van der Waals surface area contributed by atoms with Crippen molar-refractivity contribution in [3.63, 3.8) is 0 Å². The molecule has 0 spiro atoms. The minimum absolute atomic E-state index is 0.0996. The van der Waals surface area contributed by atoms with E-state index in [2.05, 4.69) is 5.10 Å². The van der Waals surface area contributed by atoms with Gasteiger partial charge in [-0.2, -0.15) is 4.68 Å². The maximum atomic E-state index is 13.0. The maximum Gasteiger partial charge on any atom is 0.254 e. The molecule has 3 rings (SSSR count). The average Bonchev–Trinajstić information content (AvgIpc) is 3.05. The summed E-state index contributed by atoms with van der Waals surface area (Å²) in [5.41, 5.74) is 2.17. The predicted molar refractivity (Wildman–Crippen MR) is 102 cm³/mol. The Kier molecular flexibility index (Phi) is 4.64. The van der Waals surface area contributed by atoms with Crippen molar-refractivity contribution >= 4 is 5.91 Å². The van der Waals surface area contributed by atoms with Gasteiger partial charge in [0, 0.05) is 16.5 Å². The van der Waals surface area contributed by atoms with Gasteiger partial charge in [-0.15, -0.1) is 5.10 Å². The number of methoxy groups -OCH3 is 1. The molecular weight excluding hydrogens is 326 g/mol. The van der Waals surface area contributed by atoms with Gasteiger partial charge in [0.25, 0.3) is 5.91 Å². The molecule has 1 aromatic heterocycles. The molecule has 0 saturated carbocycles. The van der Waals surface area contributed by atoms with Gasteiger partial charge in [-0.05, 0) is 24.6 Å². The molecule has 0 aliphatic heterocycles. The Balaban J connectivity index is 2.20. The van der Waals surface area contributed by atoms with E-state index in [0.717, 1.165) is 22.4 Å². The lowest BCUT2D eigenvalue weighted by atomic mass is 9.95. The van der Waals surface area contributed by atoms with Gasteiger partial charge in [0.1, 0.15) is 5.75 Å². The quantitative estimate of drug-likeness (QED) is 0.692. The summed E-state index contributed by atoms with van der Waals surface area (Å²) in [5.74, 6) is 1.68. The number of carbonyl (C=O) groups is 1. The van der Waals surface area contributed by atoms with Gasteiger partial charge >= 0.3 is 0 Å². The highest BCUT2D eigenvalue weighted by Crippen LogP contribution is 2.29. The molecule has 3 aromatic rings. The lowest BCUT2D eigenvalue weighted by Gasteiger charge is -2.17. The van der Waals surface area contributed by atoms with Crippen molar-refractivity contribution < 1.29 is 9.53 Å². The van der Waals surface area contributed by atoms with Gasteiger partial charge in [0.2, 0.25) is 0 Å². The van der Waals surface area contributed by atoms with Crippen LogP contribution in [0.3, 0.4) is 0 Å². The van der Waals surface area contributed by atoms with Crippen LogP contribution in [0.1, 0.15) is 31.1 Å². The van der Waals surface area contributed by atoms with E-state index < -0.39 is 5.41 Å². The van der Waals surface area contributed by atoms with Crippen molar-refractivity contribution in [1.29, 1.82) is 0 Å². The monoisotopic (exact) mass is 349 g/mol. The van der Waals surface area contributed by atoms with Crippen LogP contribution in [-0.2, 0) is 0 Å². The minimum atomic E-state index is -0.573. The predicted octanol–water partition coefficient (Wildman–Crippen LogP) is 4.62. The third-order valence-electron chi connectivity index (χ3n) is 4.16. The van der Waals surface area contributed by atoms with E-state index in [9.17, 15) is 4.79 Å². The van der Waals surface area contributed by atoms with Crippen LogP contribution in [0.5, 0.6) is 5.75 Å². The highest BCUT2D eigenvalue weighted by Gasteiger charge is 2.28. The standard InChI is InChI=1S/C21H23N3O2/c1-14-9-6-7-12-17(14)19-22-18(15-10-8-11-16(13-15)26-5)23-24(19)20(25)21(2,3)4/h6-13H,1-5H3. The third kappa shape index (κ3) is 3.38. The van der Waals surface area contributed by atoms with E-state index in [4.69, 9.17) is 9.72 Å². The van der Waals surface area contributed by atoms with E-state index >= 15 is 0 Å². The number of benzene rings is 2. The lowest BCUT2D eigenvalue weighted by molar-refractivity contribution is 0.0751. The Hall–Kier alpha value is -2.95. The second kappa shape index (κ2) is 6.75. The Labute approximate surface area is 153 Å². The van der Waals surface area contributed by atoms with Crippen molar-refractivity contribution in [2.45, 2.75) is 27.7 Å². The van der Waals surface area contributed by atoms with Crippen molar-refractivity contribution in [3.05, 3.63) is 54.1 Å². The largest absolute Gasteiger partial charge is 0.497 e. The molecule has 1 heterocycles. The van der Waals surface area contributed by atoms with Gasteiger partial charge < -0.3 is 4.74 Å². The Morgan fingerprint density at radius 3 is 2.46 bits per heavy atom. The molecular formula is C21H23N3O2. The van der Waals surface area contributed by atoms with Gasteiger partial charge in [-0.3, -0.25) is 4.79 Å². The Morgan fingerprint density at radius 2 is 1.81 bits per heavy atom. The summed E-state index contributed by atoms with van der Waals surface area (Å²) in [6, 6.07) is 15.4. The smallest absolute Gasteiger partial charge is 0.254 e. The number of aromatic nitrogens is 3. The molecule has 0 amide bonds. The second-order valence-corrected chi connectivity index (χ2v) is 7.27. The molecule has 0 unspecified atom stereocenters. The SMILES string of the molecule is COc1cccc(-c2nc(-c3ccccc3C)n(C(=O)C(C)(C)C)n2)c1. The van der Waals surface area contributed by atoms with Gasteiger partial charge in [0.15, 0.2) is 11.6 Å². The van der Waals surface area contributed by atoms with Crippen LogP contribution < -0.4 is 4.74 Å². The minimum Gasteiger partial charge on any atom is -0.497 e. The van der Waals surface area contributed by atoms with Crippen LogP contribution in [0, 0.1) is 12.3 Å². The summed E-state index contributed by atoms with van der Waals surface area (Å²) in [7, 11) is 1.62. The van der Waals surface area contributed by atoms with Crippen molar-refractivity contribution in [1.82, 2.24) is 14.8 Å². The van der Waals surface area contributed by atoms with E-state index in [1.807, 2.05) is 76.2 Å². The fourth-order valence-electron chi connectivity index (χ4n) is 2.65. The molecule has 0 bridgehead atoms. The first kappa shape index (κ1) is 17.9. The van der Waals surface area contributed by atoms with Gasteiger partial charge in [-0.1, -0.05) is 57.2 Å². The second-order valence-electron chi connectivity index (χ2n) is 7.27. The summed E-state index contributed by atoms with van der Waals surface area (Å²) in [6.07, 6.45) is 0. The van der Waals surface area contributed by atoms with Crippen LogP contribution in [-0.4, -0.2) is 27.8 Å². The third-order valence-corrected chi connectivity index (χ3v) is 4.16. The highest BCUT2D eigenvalue weighted by molar-refractivity contribution is 5.87. The topological polar surface area (TPSA) is 57.0 Å². The van der Waals surface area contributed by atoms with E-state index in [-0.39, 0.29) is 5.91 Å². The number of rotatable bonds is 3. The summed E-state index contributed by atoms with van der Waals surface area (Å²) in [5, 5.41) is 4.54. The number of carbonyl (C=O) groups excluding carboxylic acids is 1. The molecule has 134 valence electrons. The van der Waals surface area contributed by atoms with Crippen LogP contribution in [0.25, 0.3) is 22.8 Å². The normalized spacial score (nSPS) is 11.4. The first-order valence-corrected chi connectivity index (χ1v) is 8.53. The van der Waals surface area contributed by atoms with Crippen molar-refractivity contribution in [3.8, 4) is 28.5 Å². The number of aryl methyl sites for hydroxylation is 1. The zero-order valence-electron chi connectivity index (χ0n) is 15.8. The van der Waals surface area contributed by atoms with Crippen LogP contribution in [0.15, 0.2) is 48.5 Å². The molecule has 0 aliphatic rings. The van der Waals surface area contributed by atoms with Crippen LogP contribution in [0.2, 0.25) is 0 Å². The summed E-state index contributed by atoms with van der Waals surface area (Å²) < 4.78 is 6.72. The first-order valence-electron chi connectivity index (χ1n) is 8.53. The zero-order chi connectivity index (χ0) is 18.9. The fourth-order valence-corrected chi connectivity index (χ4v) is 2.65. The number of hydrogen-bond donors (Lipinski definition) is 0. The van der Waals surface area contributed by atoms with E-state index in [1.165, 1.54) is 4.68 Å². The van der Waals surface area contributed by atoms with E-state index in [0.29, 0.717) is 11.6 Å².